The number of fused-ring (bicyclic) bond motifs is 1. The number of ether oxygens (including phenoxy) is 3. The summed E-state index contributed by atoms with van der Waals surface area (Å²) in [5.74, 6) is 1.12. The van der Waals surface area contributed by atoms with Gasteiger partial charge in [-0.25, -0.2) is 0 Å². The van der Waals surface area contributed by atoms with Crippen LogP contribution >= 0.6 is 0 Å². The first-order chi connectivity index (χ1) is 9.33. The van der Waals surface area contributed by atoms with Gasteiger partial charge in [0.05, 0.1) is 19.8 Å². The van der Waals surface area contributed by atoms with Crippen LogP contribution in [0.1, 0.15) is 25.7 Å². The molecule has 0 spiro atoms. The lowest BCUT2D eigenvalue weighted by Gasteiger charge is -2.16. The monoisotopic (exact) mass is 271 g/mol. The van der Waals surface area contributed by atoms with Crippen molar-refractivity contribution in [2.24, 2.45) is 11.8 Å². The molecule has 2 aliphatic rings. The molecule has 5 nitrogen and oxygen atoms in total. The molecule has 1 N–H and O–H groups in total. The maximum atomic E-state index is 12.0. The number of esters is 1. The van der Waals surface area contributed by atoms with Crippen molar-refractivity contribution in [2.75, 3.05) is 40.1 Å². The summed E-state index contributed by atoms with van der Waals surface area (Å²) < 4.78 is 15.5. The number of rotatable bonds is 8. The summed E-state index contributed by atoms with van der Waals surface area (Å²) >= 11 is 0. The van der Waals surface area contributed by atoms with E-state index in [0.717, 1.165) is 19.4 Å². The van der Waals surface area contributed by atoms with Crippen molar-refractivity contribution in [2.45, 2.75) is 31.7 Å². The van der Waals surface area contributed by atoms with Crippen molar-refractivity contribution in [3.63, 3.8) is 0 Å². The van der Waals surface area contributed by atoms with Gasteiger partial charge in [-0.05, 0) is 31.2 Å². The number of nitrogens with one attached hydrogen (secondary N) is 1. The lowest BCUT2D eigenvalue weighted by atomic mass is 9.94. The molecule has 1 saturated heterocycles. The van der Waals surface area contributed by atoms with Crippen LogP contribution in [0.5, 0.6) is 0 Å². The Labute approximate surface area is 115 Å². The largest absolute Gasteiger partial charge is 0.464 e. The molecule has 1 aliphatic heterocycles. The lowest BCUT2D eigenvalue weighted by Crippen LogP contribution is -2.37. The number of carbonyl (C=O) groups is 1. The quantitative estimate of drug-likeness (QED) is 0.526. The Morgan fingerprint density at radius 1 is 1.21 bits per heavy atom. The maximum Gasteiger partial charge on any atom is 0.323 e. The second-order valence-corrected chi connectivity index (χ2v) is 5.37. The fourth-order valence-corrected chi connectivity index (χ4v) is 3.11. The van der Waals surface area contributed by atoms with Crippen LogP contribution in [0.25, 0.3) is 0 Å². The Kier molecular flexibility index (Phi) is 6.07. The van der Waals surface area contributed by atoms with Gasteiger partial charge < -0.3 is 19.5 Å². The molecular weight excluding hydrogens is 246 g/mol. The molecule has 1 saturated carbocycles. The standard InChI is InChI=1S/C14H25NO4/c1-17-8-9-18-6-3-7-19-14(16)13-12-5-2-4-11(12)10-15-13/h11-13,15H,2-10H2,1H3. The van der Waals surface area contributed by atoms with Gasteiger partial charge in [0.25, 0.3) is 0 Å². The maximum absolute atomic E-state index is 12.0. The molecule has 0 aromatic rings. The number of hydrogen-bond acceptors (Lipinski definition) is 5. The SMILES string of the molecule is COCCOCCCOC(=O)C1NCC2CCCC21. The molecule has 3 unspecified atom stereocenters. The van der Waals surface area contributed by atoms with Gasteiger partial charge in [0.15, 0.2) is 0 Å². The Bertz CT molecular complexity index is 285. The second kappa shape index (κ2) is 7.82. The zero-order chi connectivity index (χ0) is 13.5. The molecule has 1 heterocycles. The van der Waals surface area contributed by atoms with E-state index in [9.17, 15) is 4.79 Å². The summed E-state index contributed by atoms with van der Waals surface area (Å²) in [6, 6.07) is -0.0677. The number of carbonyl (C=O) groups excluding carboxylic acids is 1. The lowest BCUT2D eigenvalue weighted by molar-refractivity contribution is -0.147. The molecule has 2 rings (SSSR count). The van der Waals surface area contributed by atoms with Crippen LogP contribution in [-0.2, 0) is 19.0 Å². The molecule has 0 radical (unpaired) electrons. The van der Waals surface area contributed by atoms with Gasteiger partial charge in [-0.2, -0.15) is 0 Å². The highest BCUT2D eigenvalue weighted by atomic mass is 16.5. The van der Waals surface area contributed by atoms with Gasteiger partial charge in [-0.1, -0.05) is 6.42 Å². The summed E-state index contributed by atoms with van der Waals surface area (Å²) in [5.41, 5.74) is 0. The summed E-state index contributed by atoms with van der Waals surface area (Å²) in [6.07, 6.45) is 4.43. The van der Waals surface area contributed by atoms with Crippen LogP contribution in [0, 0.1) is 11.8 Å². The van der Waals surface area contributed by atoms with Crippen LogP contribution in [0.3, 0.4) is 0 Å². The molecule has 0 amide bonds. The van der Waals surface area contributed by atoms with E-state index in [2.05, 4.69) is 5.32 Å². The van der Waals surface area contributed by atoms with E-state index in [1.54, 1.807) is 7.11 Å². The molecule has 110 valence electrons. The summed E-state index contributed by atoms with van der Waals surface area (Å²) in [7, 11) is 1.65. The van der Waals surface area contributed by atoms with Crippen molar-refractivity contribution in [1.29, 1.82) is 0 Å². The van der Waals surface area contributed by atoms with Crippen LogP contribution in [0.4, 0.5) is 0 Å². The Morgan fingerprint density at radius 3 is 2.95 bits per heavy atom. The Morgan fingerprint density at radius 2 is 2.11 bits per heavy atom. The first-order valence-corrected chi connectivity index (χ1v) is 7.29. The fraction of sp³-hybridized carbons (Fsp3) is 0.929. The smallest absolute Gasteiger partial charge is 0.323 e. The van der Waals surface area contributed by atoms with Crippen molar-refractivity contribution >= 4 is 5.97 Å². The van der Waals surface area contributed by atoms with Gasteiger partial charge in [0.1, 0.15) is 6.04 Å². The predicted octanol–water partition coefficient (Wildman–Crippen LogP) is 0.971. The average Bonchev–Trinajstić information content (AvgIpc) is 2.99. The summed E-state index contributed by atoms with van der Waals surface area (Å²) in [5, 5.41) is 3.30. The molecule has 19 heavy (non-hydrogen) atoms. The van der Waals surface area contributed by atoms with Crippen LogP contribution in [0.2, 0.25) is 0 Å². The van der Waals surface area contributed by atoms with Crippen LogP contribution in [-0.4, -0.2) is 52.1 Å². The second-order valence-electron chi connectivity index (χ2n) is 5.37. The van der Waals surface area contributed by atoms with Gasteiger partial charge in [-0.15, -0.1) is 0 Å². The third-order valence-corrected chi connectivity index (χ3v) is 4.11. The minimum atomic E-state index is -0.0775. The third kappa shape index (κ3) is 4.16. The van der Waals surface area contributed by atoms with Gasteiger partial charge in [-0.3, -0.25) is 4.79 Å². The third-order valence-electron chi connectivity index (χ3n) is 4.11. The van der Waals surface area contributed by atoms with Crippen molar-refractivity contribution in [1.82, 2.24) is 5.32 Å². The van der Waals surface area contributed by atoms with Gasteiger partial charge >= 0.3 is 5.97 Å². The van der Waals surface area contributed by atoms with E-state index in [0.29, 0.717) is 38.3 Å². The predicted molar refractivity (Wildman–Crippen MR) is 70.9 cm³/mol. The zero-order valence-corrected chi connectivity index (χ0v) is 11.7. The van der Waals surface area contributed by atoms with Crippen molar-refractivity contribution in [3.8, 4) is 0 Å². The fourth-order valence-electron chi connectivity index (χ4n) is 3.11. The van der Waals surface area contributed by atoms with Crippen molar-refractivity contribution in [3.05, 3.63) is 0 Å². The van der Waals surface area contributed by atoms with E-state index in [1.807, 2.05) is 0 Å². The van der Waals surface area contributed by atoms with Crippen LogP contribution < -0.4 is 5.32 Å². The molecule has 2 fully saturated rings. The highest BCUT2D eigenvalue weighted by Gasteiger charge is 2.43. The molecule has 0 bridgehead atoms. The first-order valence-electron chi connectivity index (χ1n) is 7.29. The minimum absolute atomic E-state index is 0.0677. The van der Waals surface area contributed by atoms with E-state index in [1.165, 1.54) is 12.8 Å². The Balaban J connectivity index is 1.55. The molecule has 3 atom stereocenters. The zero-order valence-electron chi connectivity index (χ0n) is 11.7. The molecule has 1 aliphatic carbocycles. The summed E-state index contributed by atoms with van der Waals surface area (Å²) in [4.78, 5) is 12.0. The van der Waals surface area contributed by atoms with Crippen LogP contribution in [0.15, 0.2) is 0 Å². The first kappa shape index (κ1) is 14.8. The number of hydrogen-bond donors (Lipinski definition) is 1. The van der Waals surface area contributed by atoms with E-state index >= 15 is 0 Å². The van der Waals surface area contributed by atoms with Crippen molar-refractivity contribution < 1.29 is 19.0 Å². The van der Waals surface area contributed by atoms with Gasteiger partial charge in [0, 0.05) is 20.1 Å². The Hall–Kier alpha value is -0.650. The molecular formula is C14H25NO4. The normalized spacial score (nSPS) is 29.4. The van der Waals surface area contributed by atoms with E-state index in [-0.39, 0.29) is 12.0 Å². The highest BCUT2D eigenvalue weighted by Crippen LogP contribution is 2.37. The van der Waals surface area contributed by atoms with E-state index < -0.39 is 0 Å². The molecule has 5 heteroatoms. The van der Waals surface area contributed by atoms with E-state index in [4.69, 9.17) is 14.2 Å². The molecule has 0 aromatic heterocycles. The van der Waals surface area contributed by atoms with Gasteiger partial charge in [0.2, 0.25) is 0 Å². The molecule has 0 aromatic carbocycles. The summed E-state index contributed by atoms with van der Waals surface area (Å²) in [6.45, 7) is 3.24. The number of methoxy groups -OCH3 is 1. The minimum Gasteiger partial charge on any atom is -0.464 e. The topological polar surface area (TPSA) is 56.8 Å². The average molecular weight is 271 g/mol. The highest BCUT2D eigenvalue weighted by molar-refractivity contribution is 5.76.